The molecule has 0 fully saturated rings. The van der Waals surface area contributed by atoms with E-state index in [0.717, 1.165) is 0 Å². The molecule has 0 aliphatic carbocycles. The number of halogens is 2. The van der Waals surface area contributed by atoms with E-state index in [2.05, 4.69) is 0 Å². The van der Waals surface area contributed by atoms with Gasteiger partial charge in [0.2, 0.25) is 0 Å². The van der Waals surface area contributed by atoms with E-state index in [1.807, 2.05) is 12.1 Å². The van der Waals surface area contributed by atoms with Gasteiger partial charge >= 0.3 is 159 Å². The summed E-state index contributed by atoms with van der Waals surface area (Å²) in [4.78, 5) is 23.7. The Bertz CT molecular complexity index is 633. The third kappa shape index (κ3) is 8.12. The first-order valence-corrected chi connectivity index (χ1v) is 19.1. The Labute approximate surface area is 158 Å². The van der Waals surface area contributed by atoms with Crippen molar-refractivity contribution in [1.29, 1.82) is 0 Å². The van der Waals surface area contributed by atoms with Gasteiger partial charge in [-0.3, -0.25) is 0 Å². The molecular formula is C18H18Cl2O4Sn. The van der Waals surface area contributed by atoms with Crippen LogP contribution in [0.2, 0.25) is 8.87 Å². The van der Waals surface area contributed by atoms with E-state index in [0.29, 0.717) is 20.4 Å². The van der Waals surface area contributed by atoms with Crippen LogP contribution in [0.15, 0.2) is 60.7 Å². The SMILES string of the molecule is O=C(C[CH2][Sn]([Cl])([Cl])[CH2]CC(=O)Oc1ccccc1)Oc1ccccc1. The van der Waals surface area contributed by atoms with Crippen molar-refractivity contribution in [1.82, 2.24) is 0 Å². The molecule has 0 heterocycles. The van der Waals surface area contributed by atoms with Crippen molar-refractivity contribution in [3.8, 4) is 11.5 Å². The van der Waals surface area contributed by atoms with Gasteiger partial charge in [0, 0.05) is 0 Å². The van der Waals surface area contributed by atoms with Gasteiger partial charge in [0.1, 0.15) is 0 Å². The molecular weight excluding hydrogens is 470 g/mol. The molecule has 0 atom stereocenters. The topological polar surface area (TPSA) is 52.6 Å². The zero-order chi connectivity index (χ0) is 18.1. The van der Waals surface area contributed by atoms with E-state index >= 15 is 0 Å². The molecule has 0 aliphatic rings. The van der Waals surface area contributed by atoms with E-state index in [9.17, 15) is 9.59 Å². The van der Waals surface area contributed by atoms with Gasteiger partial charge in [0.05, 0.1) is 0 Å². The number of esters is 2. The molecule has 0 N–H and O–H groups in total. The van der Waals surface area contributed by atoms with Gasteiger partial charge < -0.3 is 0 Å². The number of benzene rings is 2. The summed E-state index contributed by atoms with van der Waals surface area (Å²) in [7, 11) is 12.8. The van der Waals surface area contributed by atoms with Crippen molar-refractivity contribution in [3.63, 3.8) is 0 Å². The van der Waals surface area contributed by atoms with Gasteiger partial charge in [0.15, 0.2) is 0 Å². The molecule has 0 unspecified atom stereocenters. The van der Waals surface area contributed by atoms with E-state index in [4.69, 9.17) is 27.3 Å². The summed E-state index contributed by atoms with van der Waals surface area (Å²) in [5.74, 6) is 0.230. The molecule has 0 aliphatic heterocycles. The third-order valence-electron chi connectivity index (χ3n) is 3.34. The summed E-state index contributed by atoms with van der Waals surface area (Å²) >= 11 is -3.50. The fourth-order valence-electron chi connectivity index (χ4n) is 2.04. The Balaban J connectivity index is 1.71. The number of rotatable bonds is 8. The van der Waals surface area contributed by atoms with Crippen molar-refractivity contribution in [3.05, 3.63) is 60.7 Å². The fourth-order valence-corrected chi connectivity index (χ4v) is 8.54. The fraction of sp³-hybridized carbons (Fsp3) is 0.222. The summed E-state index contributed by atoms with van der Waals surface area (Å²) in [6.45, 7) is 0. The normalized spacial score (nSPS) is 11.0. The molecule has 0 saturated heterocycles. The van der Waals surface area contributed by atoms with Crippen LogP contribution in [0.4, 0.5) is 0 Å². The Morgan fingerprint density at radius 2 is 1.08 bits per heavy atom. The second-order valence-corrected chi connectivity index (χ2v) is 24.2. The number of hydrogen-bond donors (Lipinski definition) is 0. The molecule has 0 amide bonds. The molecule has 2 rings (SSSR count). The van der Waals surface area contributed by atoms with E-state index < -0.39 is 16.1 Å². The Morgan fingerprint density at radius 1 is 0.720 bits per heavy atom. The summed E-state index contributed by atoms with van der Waals surface area (Å²) in [6, 6.07) is 17.6. The number of para-hydroxylation sites is 2. The Kier molecular flexibility index (Phi) is 8.06. The van der Waals surface area contributed by atoms with E-state index in [1.165, 1.54) is 0 Å². The molecule has 0 aromatic heterocycles. The van der Waals surface area contributed by atoms with Crippen LogP contribution in [0.1, 0.15) is 12.8 Å². The van der Waals surface area contributed by atoms with Crippen molar-refractivity contribution in [2.24, 2.45) is 0 Å². The number of carbonyl (C=O) groups is 2. The third-order valence-corrected chi connectivity index (χ3v) is 14.0. The van der Waals surface area contributed by atoms with E-state index in [-0.39, 0.29) is 24.8 Å². The predicted molar refractivity (Wildman–Crippen MR) is 100 cm³/mol. The Morgan fingerprint density at radius 3 is 1.44 bits per heavy atom. The molecule has 7 heteroatoms. The van der Waals surface area contributed by atoms with Gasteiger partial charge in [-0.25, -0.2) is 0 Å². The van der Waals surface area contributed by atoms with Gasteiger partial charge in [-0.1, -0.05) is 0 Å². The summed E-state index contributed by atoms with van der Waals surface area (Å²) < 4.78 is 11.2. The maximum absolute atomic E-state index is 11.8. The van der Waals surface area contributed by atoms with Gasteiger partial charge in [-0.05, 0) is 0 Å². The van der Waals surface area contributed by atoms with Crippen LogP contribution in [-0.2, 0) is 9.59 Å². The van der Waals surface area contributed by atoms with Gasteiger partial charge in [0.25, 0.3) is 0 Å². The maximum atomic E-state index is 11.8. The van der Waals surface area contributed by atoms with Crippen LogP contribution in [0, 0.1) is 0 Å². The molecule has 0 saturated carbocycles. The first kappa shape index (κ1) is 20.1. The average molecular weight is 488 g/mol. The zero-order valence-electron chi connectivity index (χ0n) is 13.5. The second-order valence-electron chi connectivity index (χ2n) is 5.43. The predicted octanol–water partition coefficient (Wildman–Crippen LogP) is 4.90. The van der Waals surface area contributed by atoms with Crippen molar-refractivity contribution < 1.29 is 19.1 Å². The van der Waals surface area contributed by atoms with Crippen LogP contribution >= 0.6 is 17.8 Å². The van der Waals surface area contributed by atoms with E-state index in [1.54, 1.807) is 48.5 Å². The van der Waals surface area contributed by atoms with Crippen molar-refractivity contribution in [2.75, 3.05) is 0 Å². The van der Waals surface area contributed by atoms with Crippen LogP contribution in [0.3, 0.4) is 0 Å². The Hall–Kier alpha value is -1.24. The first-order chi connectivity index (χ1) is 11.9. The first-order valence-electron chi connectivity index (χ1n) is 7.84. The van der Waals surface area contributed by atoms with Crippen LogP contribution in [0.5, 0.6) is 11.5 Å². The monoisotopic (exact) mass is 488 g/mol. The van der Waals surface area contributed by atoms with Crippen LogP contribution in [-0.4, -0.2) is 28.1 Å². The molecule has 4 nitrogen and oxygen atoms in total. The second kappa shape index (κ2) is 10.0. The summed E-state index contributed by atoms with van der Waals surface area (Å²) in [5, 5.41) is 0. The summed E-state index contributed by atoms with van der Waals surface area (Å²) in [5.41, 5.74) is 0. The van der Waals surface area contributed by atoms with Crippen LogP contribution < -0.4 is 9.47 Å². The number of hydrogen-bond acceptors (Lipinski definition) is 4. The summed E-state index contributed by atoms with van der Waals surface area (Å²) in [6.07, 6.45) is 0.289. The minimum atomic E-state index is -3.50. The molecule has 0 spiro atoms. The molecule has 2 aromatic rings. The quantitative estimate of drug-likeness (QED) is 0.302. The minimum absolute atomic E-state index is 0.145. The van der Waals surface area contributed by atoms with Gasteiger partial charge in [-0.2, -0.15) is 0 Å². The van der Waals surface area contributed by atoms with Crippen molar-refractivity contribution in [2.45, 2.75) is 21.7 Å². The van der Waals surface area contributed by atoms with Crippen molar-refractivity contribution >= 4 is 45.9 Å². The molecule has 0 bridgehead atoms. The standard InChI is InChI=1S/2C9H9O2.2ClH.Sn/c2*1-2-9(10)11-8-6-4-3-5-7-8;;;/h2*3-7H,1-2H2;2*1H;/q;;;;+2/p-2. The molecule has 132 valence electrons. The average Bonchev–Trinajstić information content (AvgIpc) is 2.60. The van der Waals surface area contributed by atoms with Crippen LogP contribution in [0.25, 0.3) is 0 Å². The molecule has 25 heavy (non-hydrogen) atoms. The number of carbonyl (C=O) groups excluding carboxylic acids is 2. The molecule has 0 radical (unpaired) electrons. The molecule has 2 aromatic carbocycles. The van der Waals surface area contributed by atoms with Gasteiger partial charge in [-0.15, -0.1) is 0 Å². The number of ether oxygens (including phenoxy) is 2. The zero-order valence-corrected chi connectivity index (χ0v) is 17.9.